The number of hydrogen-bond donors (Lipinski definition) is 2. The summed E-state index contributed by atoms with van der Waals surface area (Å²) >= 11 is 6.32. The Morgan fingerprint density at radius 3 is 2.88 bits per heavy atom. The number of carbonyl (C=O) groups is 1. The molecule has 1 aliphatic heterocycles. The molecule has 1 saturated carbocycles. The van der Waals surface area contributed by atoms with Crippen molar-refractivity contribution in [2.75, 3.05) is 13.6 Å². The fourth-order valence-corrected chi connectivity index (χ4v) is 4.72. The molecule has 0 spiro atoms. The lowest BCUT2D eigenvalue weighted by molar-refractivity contribution is -0.124. The molecule has 2 heterocycles. The third-order valence-electron chi connectivity index (χ3n) is 6.00. The van der Waals surface area contributed by atoms with Crippen LogP contribution >= 0.6 is 11.6 Å². The quantitative estimate of drug-likeness (QED) is 0.894. The maximum Gasteiger partial charge on any atom is 0.220 e. The summed E-state index contributed by atoms with van der Waals surface area (Å²) in [6.07, 6.45) is 3.02. The number of nitrogens with zero attached hydrogens (tertiary/aromatic N) is 1. The van der Waals surface area contributed by atoms with Crippen molar-refractivity contribution in [2.24, 2.45) is 11.8 Å². The summed E-state index contributed by atoms with van der Waals surface area (Å²) in [5.41, 5.74) is 3.56. The zero-order valence-corrected chi connectivity index (χ0v) is 15.0. The number of benzene rings is 1. The Kier molecular flexibility index (Phi) is 4.05. The van der Waals surface area contributed by atoms with Crippen molar-refractivity contribution in [1.29, 1.82) is 0 Å². The predicted octanol–water partition coefficient (Wildman–Crippen LogP) is 3.48. The van der Waals surface area contributed by atoms with Gasteiger partial charge in [0.2, 0.25) is 5.91 Å². The molecule has 2 N–H and O–H groups in total. The van der Waals surface area contributed by atoms with Crippen LogP contribution in [0.15, 0.2) is 18.2 Å². The smallest absolute Gasteiger partial charge is 0.220 e. The number of aryl methyl sites for hydroxylation is 1. The standard InChI is InChI=1S/C19H24ClN3O/c1-11-15-4-3-5-16(20)19(15)22-17(11)10-23(2)14-6-12-8-18(24)21-9-13(12)7-14/h3-5,12-14,22H,6-10H2,1-2H3,(H,21,24)/t12-,13+,14-/m0/s1. The van der Waals surface area contributed by atoms with Crippen molar-refractivity contribution in [3.8, 4) is 0 Å². The Balaban J connectivity index is 1.51. The number of carbonyl (C=O) groups excluding carboxylic acids is 1. The molecule has 0 radical (unpaired) electrons. The molecule has 2 aliphatic rings. The van der Waals surface area contributed by atoms with E-state index in [2.05, 4.69) is 35.2 Å². The second kappa shape index (κ2) is 6.08. The molecule has 24 heavy (non-hydrogen) atoms. The predicted molar refractivity (Wildman–Crippen MR) is 97.1 cm³/mol. The van der Waals surface area contributed by atoms with Crippen LogP contribution in [0.25, 0.3) is 10.9 Å². The lowest BCUT2D eigenvalue weighted by Crippen LogP contribution is -2.38. The van der Waals surface area contributed by atoms with Gasteiger partial charge in [-0.3, -0.25) is 9.69 Å². The molecular weight excluding hydrogens is 322 g/mol. The van der Waals surface area contributed by atoms with Crippen molar-refractivity contribution >= 4 is 28.4 Å². The highest BCUT2D eigenvalue weighted by Gasteiger charge is 2.39. The zero-order valence-electron chi connectivity index (χ0n) is 14.2. The highest BCUT2D eigenvalue weighted by atomic mass is 35.5. The van der Waals surface area contributed by atoms with Gasteiger partial charge in [-0.15, -0.1) is 0 Å². The van der Waals surface area contributed by atoms with Gasteiger partial charge in [0.25, 0.3) is 0 Å². The van der Waals surface area contributed by atoms with Crippen molar-refractivity contribution in [3.63, 3.8) is 0 Å². The largest absolute Gasteiger partial charge is 0.356 e. The number of hydrogen-bond acceptors (Lipinski definition) is 2. The van der Waals surface area contributed by atoms with Crippen molar-refractivity contribution < 1.29 is 4.79 Å². The van der Waals surface area contributed by atoms with E-state index in [1.807, 2.05) is 12.1 Å². The number of H-pyrrole nitrogens is 1. The lowest BCUT2D eigenvalue weighted by atomic mass is 9.89. The second-order valence-electron chi connectivity index (χ2n) is 7.46. The fourth-order valence-electron chi connectivity index (χ4n) is 4.50. The average molecular weight is 346 g/mol. The summed E-state index contributed by atoms with van der Waals surface area (Å²) in [5.74, 6) is 1.43. The summed E-state index contributed by atoms with van der Waals surface area (Å²) in [4.78, 5) is 17.6. The van der Waals surface area contributed by atoms with E-state index >= 15 is 0 Å². The third kappa shape index (κ3) is 2.72. The van der Waals surface area contributed by atoms with Gasteiger partial charge < -0.3 is 10.3 Å². The molecule has 1 aromatic carbocycles. The van der Waals surface area contributed by atoms with Crippen LogP contribution < -0.4 is 5.32 Å². The van der Waals surface area contributed by atoms with E-state index < -0.39 is 0 Å². The van der Waals surface area contributed by atoms with Crippen LogP contribution in [0, 0.1) is 18.8 Å². The monoisotopic (exact) mass is 345 g/mol. The number of para-hydroxylation sites is 1. The van der Waals surface area contributed by atoms with Gasteiger partial charge in [0.05, 0.1) is 10.5 Å². The summed E-state index contributed by atoms with van der Waals surface area (Å²) in [6, 6.07) is 6.61. The van der Waals surface area contributed by atoms with Crippen LogP contribution in [-0.2, 0) is 11.3 Å². The Morgan fingerprint density at radius 1 is 1.29 bits per heavy atom. The Hall–Kier alpha value is -1.52. The number of nitrogens with one attached hydrogen (secondary N) is 2. The molecule has 0 bridgehead atoms. The van der Waals surface area contributed by atoms with Crippen molar-refractivity contribution in [3.05, 3.63) is 34.5 Å². The van der Waals surface area contributed by atoms with Crippen LogP contribution in [0.4, 0.5) is 0 Å². The normalized spacial score (nSPS) is 26.8. The molecule has 1 saturated heterocycles. The highest BCUT2D eigenvalue weighted by molar-refractivity contribution is 6.35. The molecule has 1 aliphatic carbocycles. The Labute approximate surface area is 147 Å². The van der Waals surface area contributed by atoms with E-state index in [9.17, 15) is 4.79 Å². The van der Waals surface area contributed by atoms with E-state index in [-0.39, 0.29) is 5.91 Å². The van der Waals surface area contributed by atoms with Crippen molar-refractivity contribution in [1.82, 2.24) is 15.2 Å². The molecule has 2 aromatic rings. The van der Waals surface area contributed by atoms with Gasteiger partial charge >= 0.3 is 0 Å². The maximum atomic E-state index is 11.6. The molecule has 1 aromatic heterocycles. The van der Waals surface area contributed by atoms with Crippen LogP contribution in [0.3, 0.4) is 0 Å². The van der Waals surface area contributed by atoms with Crippen LogP contribution in [0.2, 0.25) is 5.02 Å². The molecule has 2 fully saturated rings. The average Bonchev–Trinajstić information content (AvgIpc) is 3.11. The minimum atomic E-state index is 0.223. The van der Waals surface area contributed by atoms with Gasteiger partial charge in [-0.05, 0) is 50.3 Å². The van der Waals surface area contributed by atoms with Crippen LogP contribution in [0.1, 0.15) is 30.5 Å². The molecular formula is C19H24ClN3O. The minimum Gasteiger partial charge on any atom is -0.356 e. The Morgan fingerprint density at radius 2 is 2.08 bits per heavy atom. The van der Waals surface area contributed by atoms with E-state index in [0.717, 1.165) is 30.0 Å². The number of amides is 1. The minimum absolute atomic E-state index is 0.223. The SMILES string of the molecule is Cc1c(CN(C)[C@H]2C[C@H]3CC(=O)NC[C@H]3C2)[nH]c2c(Cl)cccc12. The first-order valence-electron chi connectivity index (χ1n) is 8.75. The number of aromatic amines is 1. The van der Waals surface area contributed by atoms with E-state index in [4.69, 9.17) is 11.6 Å². The third-order valence-corrected chi connectivity index (χ3v) is 6.32. The number of aromatic nitrogens is 1. The van der Waals surface area contributed by atoms with Crippen molar-refractivity contribution in [2.45, 2.75) is 38.8 Å². The topological polar surface area (TPSA) is 48.1 Å². The number of rotatable bonds is 3. The van der Waals surface area contributed by atoms with E-state index in [1.165, 1.54) is 23.1 Å². The molecule has 128 valence electrons. The van der Waals surface area contributed by atoms with Gasteiger partial charge in [0.15, 0.2) is 0 Å². The summed E-state index contributed by atoms with van der Waals surface area (Å²) in [7, 11) is 2.20. The molecule has 4 rings (SSSR count). The second-order valence-corrected chi connectivity index (χ2v) is 7.87. The number of piperidine rings is 1. The van der Waals surface area contributed by atoms with Crippen LogP contribution in [-0.4, -0.2) is 35.4 Å². The Bertz CT molecular complexity index is 784. The lowest BCUT2D eigenvalue weighted by Gasteiger charge is -2.24. The first-order valence-corrected chi connectivity index (χ1v) is 9.13. The molecule has 3 atom stereocenters. The van der Waals surface area contributed by atoms with E-state index in [0.29, 0.717) is 24.3 Å². The molecule has 0 unspecified atom stereocenters. The number of fused-ring (bicyclic) bond motifs is 2. The highest BCUT2D eigenvalue weighted by Crippen LogP contribution is 2.39. The zero-order chi connectivity index (χ0) is 16.8. The van der Waals surface area contributed by atoms with Gasteiger partial charge in [0.1, 0.15) is 0 Å². The van der Waals surface area contributed by atoms with Gasteiger partial charge in [-0.2, -0.15) is 0 Å². The summed E-state index contributed by atoms with van der Waals surface area (Å²) in [6.45, 7) is 3.91. The maximum absolute atomic E-state index is 11.6. The fraction of sp³-hybridized carbons (Fsp3) is 0.526. The van der Waals surface area contributed by atoms with Gasteiger partial charge in [-0.25, -0.2) is 0 Å². The molecule has 5 heteroatoms. The molecule has 1 amide bonds. The summed E-state index contributed by atoms with van der Waals surface area (Å²) < 4.78 is 0. The number of halogens is 1. The van der Waals surface area contributed by atoms with Crippen LogP contribution in [0.5, 0.6) is 0 Å². The van der Waals surface area contributed by atoms with Gasteiger partial charge in [0, 0.05) is 36.6 Å². The first-order chi connectivity index (χ1) is 11.5. The van der Waals surface area contributed by atoms with Gasteiger partial charge in [-0.1, -0.05) is 23.7 Å². The molecule has 4 nitrogen and oxygen atoms in total. The van der Waals surface area contributed by atoms with E-state index in [1.54, 1.807) is 0 Å². The summed E-state index contributed by atoms with van der Waals surface area (Å²) in [5, 5.41) is 5.01. The first kappa shape index (κ1) is 16.0.